The predicted molar refractivity (Wildman–Crippen MR) is 82.9 cm³/mol. The minimum absolute atomic E-state index is 0.508. The molecule has 3 rings (SSSR count). The summed E-state index contributed by atoms with van der Waals surface area (Å²) in [5.74, 6) is 0. The zero-order chi connectivity index (χ0) is 14.1. The van der Waals surface area contributed by atoms with Crippen molar-refractivity contribution in [1.29, 1.82) is 0 Å². The van der Waals surface area contributed by atoms with Gasteiger partial charge in [0.1, 0.15) is 5.01 Å². The standard InChI is InChI=1S/C12H18N6S2/c1-8-10(11-15-16-12(13)20-11)19-9(14-8)7-18-5-3-17(2)4-6-18/h3-7H2,1-2H3,(H2,13,16). The third-order valence-electron chi connectivity index (χ3n) is 3.43. The Balaban J connectivity index is 1.72. The number of piperazine rings is 1. The highest BCUT2D eigenvalue weighted by Crippen LogP contribution is 2.33. The van der Waals surface area contributed by atoms with Crippen LogP contribution in [-0.2, 0) is 6.54 Å². The Labute approximate surface area is 126 Å². The van der Waals surface area contributed by atoms with E-state index >= 15 is 0 Å². The van der Waals surface area contributed by atoms with E-state index < -0.39 is 0 Å². The quantitative estimate of drug-likeness (QED) is 0.921. The van der Waals surface area contributed by atoms with Crippen molar-refractivity contribution in [3.63, 3.8) is 0 Å². The second-order valence-electron chi connectivity index (χ2n) is 5.05. The summed E-state index contributed by atoms with van der Waals surface area (Å²) in [7, 11) is 2.17. The van der Waals surface area contributed by atoms with Crippen LogP contribution >= 0.6 is 22.7 Å². The van der Waals surface area contributed by atoms with Crippen LogP contribution in [0.4, 0.5) is 5.13 Å². The number of nitrogens with two attached hydrogens (primary N) is 1. The van der Waals surface area contributed by atoms with Gasteiger partial charge in [-0.3, -0.25) is 4.90 Å². The number of nitrogens with zero attached hydrogens (tertiary/aromatic N) is 5. The number of aryl methyl sites for hydroxylation is 1. The molecule has 1 aliphatic rings. The smallest absolute Gasteiger partial charge is 0.203 e. The molecule has 3 heterocycles. The Morgan fingerprint density at radius 1 is 1.15 bits per heavy atom. The van der Waals surface area contributed by atoms with Gasteiger partial charge in [0.15, 0.2) is 5.01 Å². The van der Waals surface area contributed by atoms with Crippen LogP contribution in [0.15, 0.2) is 0 Å². The fourth-order valence-corrected chi connectivity index (χ4v) is 4.08. The van der Waals surface area contributed by atoms with Crippen molar-refractivity contribution in [2.75, 3.05) is 39.0 Å². The Morgan fingerprint density at radius 2 is 1.90 bits per heavy atom. The zero-order valence-corrected chi connectivity index (χ0v) is 13.3. The number of likely N-dealkylation sites (N-methyl/N-ethyl adjacent to an activating group) is 1. The first-order chi connectivity index (χ1) is 9.61. The first-order valence-corrected chi connectivity index (χ1v) is 8.21. The number of thiazole rings is 1. The van der Waals surface area contributed by atoms with Crippen LogP contribution < -0.4 is 5.73 Å². The van der Waals surface area contributed by atoms with Crippen molar-refractivity contribution >= 4 is 27.8 Å². The van der Waals surface area contributed by atoms with Crippen molar-refractivity contribution in [3.8, 4) is 9.88 Å². The molecule has 6 nitrogen and oxygen atoms in total. The van der Waals surface area contributed by atoms with Crippen LogP contribution in [0.5, 0.6) is 0 Å². The molecule has 2 aromatic heterocycles. The molecule has 1 aliphatic heterocycles. The highest BCUT2D eigenvalue weighted by atomic mass is 32.1. The number of anilines is 1. The van der Waals surface area contributed by atoms with E-state index in [1.807, 2.05) is 6.92 Å². The van der Waals surface area contributed by atoms with Gasteiger partial charge in [0, 0.05) is 26.2 Å². The number of aromatic nitrogens is 3. The minimum atomic E-state index is 0.508. The van der Waals surface area contributed by atoms with Crippen molar-refractivity contribution < 1.29 is 0 Å². The van der Waals surface area contributed by atoms with Gasteiger partial charge in [0.25, 0.3) is 0 Å². The third-order valence-corrected chi connectivity index (χ3v) is 5.48. The van der Waals surface area contributed by atoms with Crippen molar-refractivity contribution in [1.82, 2.24) is 25.0 Å². The molecule has 1 fully saturated rings. The second kappa shape index (κ2) is 5.72. The lowest BCUT2D eigenvalue weighted by Crippen LogP contribution is -2.43. The van der Waals surface area contributed by atoms with Gasteiger partial charge < -0.3 is 10.6 Å². The first-order valence-electron chi connectivity index (χ1n) is 6.58. The number of rotatable bonds is 3. The van der Waals surface area contributed by atoms with Gasteiger partial charge >= 0.3 is 0 Å². The van der Waals surface area contributed by atoms with E-state index in [9.17, 15) is 0 Å². The average Bonchev–Trinajstić information content (AvgIpc) is 2.98. The van der Waals surface area contributed by atoms with Crippen LogP contribution in [0, 0.1) is 6.92 Å². The van der Waals surface area contributed by atoms with Crippen molar-refractivity contribution in [2.45, 2.75) is 13.5 Å². The fourth-order valence-electron chi connectivity index (χ4n) is 2.24. The van der Waals surface area contributed by atoms with Crippen LogP contribution in [0.1, 0.15) is 10.7 Å². The van der Waals surface area contributed by atoms with E-state index in [0.717, 1.165) is 53.3 Å². The van der Waals surface area contributed by atoms with Gasteiger partial charge in [-0.1, -0.05) is 11.3 Å². The summed E-state index contributed by atoms with van der Waals surface area (Å²) in [4.78, 5) is 10.6. The van der Waals surface area contributed by atoms with Crippen LogP contribution in [-0.4, -0.2) is 58.2 Å². The van der Waals surface area contributed by atoms with Gasteiger partial charge in [-0.15, -0.1) is 21.5 Å². The molecule has 2 aromatic rings. The topological polar surface area (TPSA) is 71.2 Å². The molecular formula is C12H18N6S2. The summed E-state index contributed by atoms with van der Waals surface area (Å²) in [5, 5.41) is 10.5. The molecule has 2 N–H and O–H groups in total. The number of hydrogen-bond acceptors (Lipinski definition) is 8. The maximum absolute atomic E-state index is 5.65. The Kier molecular flexibility index (Phi) is 3.97. The van der Waals surface area contributed by atoms with Crippen LogP contribution in [0.2, 0.25) is 0 Å². The molecule has 0 atom stereocenters. The Morgan fingerprint density at radius 3 is 2.55 bits per heavy atom. The number of hydrogen-bond donors (Lipinski definition) is 1. The average molecular weight is 310 g/mol. The second-order valence-corrected chi connectivity index (χ2v) is 7.14. The molecule has 0 bridgehead atoms. The van der Waals surface area contributed by atoms with E-state index in [0.29, 0.717) is 5.13 Å². The van der Waals surface area contributed by atoms with E-state index in [2.05, 4.69) is 32.0 Å². The molecule has 108 valence electrons. The van der Waals surface area contributed by atoms with Gasteiger partial charge in [0.2, 0.25) is 5.13 Å². The monoisotopic (exact) mass is 310 g/mol. The van der Waals surface area contributed by atoms with Crippen molar-refractivity contribution in [3.05, 3.63) is 10.7 Å². The molecule has 0 aliphatic carbocycles. The summed E-state index contributed by atoms with van der Waals surface area (Å²) in [5.41, 5.74) is 6.67. The predicted octanol–water partition coefficient (Wildman–Crippen LogP) is 1.30. The highest BCUT2D eigenvalue weighted by molar-refractivity contribution is 7.23. The van der Waals surface area contributed by atoms with E-state index in [1.165, 1.54) is 11.3 Å². The lowest BCUT2D eigenvalue weighted by atomic mass is 10.3. The Bertz CT molecular complexity index is 585. The normalized spacial score (nSPS) is 17.7. The molecule has 0 unspecified atom stereocenters. The molecule has 0 radical (unpaired) electrons. The Hall–Kier alpha value is -1.09. The van der Waals surface area contributed by atoms with E-state index in [-0.39, 0.29) is 0 Å². The third kappa shape index (κ3) is 2.98. The van der Waals surface area contributed by atoms with Gasteiger partial charge in [-0.05, 0) is 14.0 Å². The van der Waals surface area contributed by atoms with E-state index in [4.69, 9.17) is 5.73 Å². The highest BCUT2D eigenvalue weighted by Gasteiger charge is 2.18. The summed E-state index contributed by atoms with van der Waals surface area (Å²) in [6, 6.07) is 0. The summed E-state index contributed by atoms with van der Waals surface area (Å²) < 4.78 is 0. The lowest BCUT2D eigenvalue weighted by molar-refractivity contribution is 0.148. The molecule has 0 amide bonds. The van der Waals surface area contributed by atoms with Gasteiger partial charge in [-0.25, -0.2) is 4.98 Å². The molecule has 0 aromatic carbocycles. The summed E-state index contributed by atoms with van der Waals surface area (Å²) in [6.45, 7) is 7.42. The van der Waals surface area contributed by atoms with Crippen molar-refractivity contribution in [2.24, 2.45) is 0 Å². The maximum atomic E-state index is 5.65. The molecule has 1 saturated heterocycles. The summed E-state index contributed by atoms with van der Waals surface area (Å²) in [6.07, 6.45) is 0. The number of nitrogen functional groups attached to an aromatic ring is 1. The SMILES string of the molecule is Cc1nc(CN2CCN(C)CC2)sc1-c1nnc(N)s1. The lowest BCUT2D eigenvalue weighted by Gasteiger charge is -2.31. The molecule has 8 heteroatoms. The molecular weight excluding hydrogens is 292 g/mol. The molecule has 0 spiro atoms. The zero-order valence-electron chi connectivity index (χ0n) is 11.7. The molecule has 0 saturated carbocycles. The summed E-state index contributed by atoms with van der Waals surface area (Å²) >= 11 is 3.13. The fraction of sp³-hybridized carbons (Fsp3) is 0.583. The maximum Gasteiger partial charge on any atom is 0.203 e. The van der Waals surface area contributed by atoms with Crippen LogP contribution in [0.25, 0.3) is 9.88 Å². The largest absolute Gasteiger partial charge is 0.374 e. The van der Waals surface area contributed by atoms with Gasteiger partial charge in [0.05, 0.1) is 17.1 Å². The van der Waals surface area contributed by atoms with Gasteiger partial charge in [-0.2, -0.15) is 0 Å². The molecule has 20 heavy (non-hydrogen) atoms. The van der Waals surface area contributed by atoms with E-state index in [1.54, 1.807) is 11.3 Å². The minimum Gasteiger partial charge on any atom is -0.374 e. The first kappa shape index (κ1) is 13.9. The van der Waals surface area contributed by atoms with Crippen LogP contribution in [0.3, 0.4) is 0 Å².